The van der Waals surface area contributed by atoms with Gasteiger partial charge < -0.3 is 5.32 Å². The second kappa shape index (κ2) is 6.13. The number of hydrogen-bond donors (Lipinski definition) is 1. The van der Waals surface area contributed by atoms with Crippen molar-refractivity contribution in [3.63, 3.8) is 0 Å². The minimum absolute atomic E-state index is 0.00746. The summed E-state index contributed by atoms with van der Waals surface area (Å²) < 4.78 is 13.5. The molecule has 0 heterocycles. The van der Waals surface area contributed by atoms with Crippen LogP contribution in [0.25, 0.3) is 0 Å². The van der Waals surface area contributed by atoms with E-state index in [1.165, 1.54) is 12.1 Å². The molecule has 0 saturated heterocycles. The molecule has 0 bridgehead atoms. The minimum atomic E-state index is -0.520. The summed E-state index contributed by atoms with van der Waals surface area (Å²) in [7, 11) is 0. The quantitative estimate of drug-likeness (QED) is 0.793. The van der Waals surface area contributed by atoms with Crippen molar-refractivity contribution in [3.05, 3.63) is 63.4 Å². The number of para-hydroxylation sites is 1. The first-order chi connectivity index (χ1) is 9.54. The highest BCUT2D eigenvalue weighted by molar-refractivity contribution is 6.36. The third-order valence-electron chi connectivity index (χ3n) is 2.93. The molecule has 2 aromatic carbocycles. The number of halogens is 3. The van der Waals surface area contributed by atoms with Crippen LogP contribution in [0.1, 0.15) is 24.1 Å². The monoisotopic (exact) mass is 308 g/mol. The second-order valence-electron chi connectivity index (χ2n) is 4.28. The number of benzene rings is 2. The van der Waals surface area contributed by atoms with Crippen LogP contribution in [0.2, 0.25) is 10.0 Å². The number of nitriles is 1. The molecule has 0 radical (unpaired) electrons. The standard InChI is InChI=1S/C15H11Cl2FN2/c1-9(14-11(16)6-7-12(18)15(14)17)20-13-5-3-2-4-10(13)8-19/h2-7,9,20H,1H3. The lowest BCUT2D eigenvalue weighted by Gasteiger charge is -2.19. The van der Waals surface area contributed by atoms with Crippen molar-refractivity contribution in [1.29, 1.82) is 5.26 Å². The Morgan fingerprint density at radius 1 is 1.20 bits per heavy atom. The molecule has 0 aromatic heterocycles. The smallest absolute Gasteiger partial charge is 0.142 e. The van der Waals surface area contributed by atoms with Crippen LogP contribution in [-0.2, 0) is 0 Å². The zero-order valence-corrected chi connectivity index (χ0v) is 12.1. The molecule has 0 aliphatic rings. The topological polar surface area (TPSA) is 35.8 Å². The van der Waals surface area contributed by atoms with Crippen molar-refractivity contribution in [1.82, 2.24) is 0 Å². The first-order valence-corrected chi connectivity index (χ1v) is 6.69. The number of hydrogen-bond acceptors (Lipinski definition) is 2. The summed E-state index contributed by atoms with van der Waals surface area (Å²) >= 11 is 12.0. The van der Waals surface area contributed by atoms with Crippen molar-refractivity contribution in [2.24, 2.45) is 0 Å². The third kappa shape index (κ3) is 2.87. The molecule has 2 aromatic rings. The highest BCUT2D eigenvalue weighted by Crippen LogP contribution is 2.34. The maximum Gasteiger partial charge on any atom is 0.142 e. The van der Waals surface area contributed by atoms with Crippen LogP contribution in [0, 0.1) is 17.1 Å². The van der Waals surface area contributed by atoms with Crippen LogP contribution < -0.4 is 5.32 Å². The zero-order valence-electron chi connectivity index (χ0n) is 10.6. The lowest BCUT2D eigenvalue weighted by atomic mass is 10.1. The summed E-state index contributed by atoms with van der Waals surface area (Å²) in [5.74, 6) is -0.520. The number of nitrogens with zero attached hydrogens (tertiary/aromatic N) is 1. The van der Waals surface area contributed by atoms with Gasteiger partial charge in [0.2, 0.25) is 0 Å². The van der Waals surface area contributed by atoms with Crippen molar-refractivity contribution < 1.29 is 4.39 Å². The van der Waals surface area contributed by atoms with Gasteiger partial charge in [-0.05, 0) is 31.2 Å². The van der Waals surface area contributed by atoms with Crippen LogP contribution >= 0.6 is 23.2 Å². The summed E-state index contributed by atoms with van der Waals surface area (Å²) in [4.78, 5) is 0. The maximum absolute atomic E-state index is 13.5. The van der Waals surface area contributed by atoms with Gasteiger partial charge in [-0.2, -0.15) is 5.26 Å². The molecular formula is C15H11Cl2FN2. The van der Waals surface area contributed by atoms with E-state index in [-0.39, 0.29) is 11.1 Å². The molecule has 2 rings (SSSR count). The van der Waals surface area contributed by atoms with Gasteiger partial charge in [0.25, 0.3) is 0 Å². The minimum Gasteiger partial charge on any atom is -0.377 e. The molecule has 0 spiro atoms. The predicted molar refractivity (Wildman–Crippen MR) is 79.6 cm³/mol. The van der Waals surface area contributed by atoms with Crippen LogP contribution in [-0.4, -0.2) is 0 Å². The SMILES string of the molecule is CC(Nc1ccccc1C#N)c1c(Cl)ccc(F)c1Cl. The maximum atomic E-state index is 13.5. The molecule has 0 aliphatic heterocycles. The first-order valence-electron chi connectivity index (χ1n) is 5.93. The van der Waals surface area contributed by atoms with Crippen molar-refractivity contribution in [2.45, 2.75) is 13.0 Å². The summed E-state index contributed by atoms with van der Waals surface area (Å²) in [6.07, 6.45) is 0. The summed E-state index contributed by atoms with van der Waals surface area (Å²) in [6.45, 7) is 1.81. The van der Waals surface area contributed by atoms with Crippen LogP contribution in [0.5, 0.6) is 0 Å². The van der Waals surface area contributed by atoms with Gasteiger partial charge >= 0.3 is 0 Å². The zero-order chi connectivity index (χ0) is 14.7. The van der Waals surface area contributed by atoms with Crippen LogP contribution in [0.4, 0.5) is 10.1 Å². The van der Waals surface area contributed by atoms with Gasteiger partial charge in [0, 0.05) is 10.6 Å². The molecule has 1 unspecified atom stereocenters. The molecule has 5 heteroatoms. The molecule has 2 nitrogen and oxygen atoms in total. The van der Waals surface area contributed by atoms with E-state index in [9.17, 15) is 4.39 Å². The molecule has 0 fully saturated rings. The van der Waals surface area contributed by atoms with Crippen molar-refractivity contribution in [3.8, 4) is 6.07 Å². The Kier molecular flexibility index (Phi) is 4.49. The van der Waals surface area contributed by atoms with E-state index >= 15 is 0 Å². The van der Waals surface area contributed by atoms with Gasteiger partial charge in [0.05, 0.1) is 22.3 Å². The normalized spacial score (nSPS) is 11.8. The second-order valence-corrected chi connectivity index (χ2v) is 5.07. The molecule has 102 valence electrons. The average molecular weight is 309 g/mol. The third-order valence-corrected chi connectivity index (χ3v) is 3.65. The highest BCUT2D eigenvalue weighted by Gasteiger charge is 2.17. The van der Waals surface area contributed by atoms with Gasteiger partial charge in [-0.3, -0.25) is 0 Å². The lowest BCUT2D eigenvalue weighted by Crippen LogP contribution is -2.09. The fourth-order valence-corrected chi connectivity index (χ4v) is 2.65. The molecule has 0 aliphatic carbocycles. The molecule has 0 saturated carbocycles. The largest absolute Gasteiger partial charge is 0.377 e. The molecule has 0 amide bonds. The Hall–Kier alpha value is -1.76. The molecule has 1 atom stereocenters. The lowest BCUT2D eigenvalue weighted by molar-refractivity contribution is 0.624. The van der Waals surface area contributed by atoms with E-state index in [1.54, 1.807) is 25.1 Å². The number of anilines is 1. The van der Waals surface area contributed by atoms with Crippen molar-refractivity contribution >= 4 is 28.9 Å². The molecular weight excluding hydrogens is 298 g/mol. The summed E-state index contributed by atoms with van der Waals surface area (Å²) in [6, 6.07) is 11.5. The van der Waals surface area contributed by atoms with Gasteiger partial charge in [-0.25, -0.2) is 4.39 Å². The van der Waals surface area contributed by atoms with E-state index in [0.717, 1.165) is 0 Å². The van der Waals surface area contributed by atoms with Gasteiger partial charge in [-0.15, -0.1) is 0 Å². The Balaban J connectivity index is 2.36. The highest BCUT2D eigenvalue weighted by atomic mass is 35.5. The van der Waals surface area contributed by atoms with Gasteiger partial charge in [0.15, 0.2) is 0 Å². The predicted octanol–water partition coefficient (Wildman–Crippen LogP) is 5.18. The molecule has 1 N–H and O–H groups in total. The van der Waals surface area contributed by atoms with E-state index in [2.05, 4.69) is 11.4 Å². The van der Waals surface area contributed by atoms with E-state index < -0.39 is 5.82 Å². The number of rotatable bonds is 3. The van der Waals surface area contributed by atoms with Gasteiger partial charge in [-0.1, -0.05) is 35.3 Å². The van der Waals surface area contributed by atoms with E-state index in [4.69, 9.17) is 28.5 Å². The Bertz CT molecular complexity index is 680. The Labute approximate surface area is 126 Å². The first kappa shape index (κ1) is 14.6. The average Bonchev–Trinajstić information content (AvgIpc) is 2.44. The van der Waals surface area contributed by atoms with Crippen molar-refractivity contribution in [2.75, 3.05) is 5.32 Å². The number of nitrogens with one attached hydrogen (secondary N) is 1. The van der Waals surface area contributed by atoms with Gasteiger partial charge in [0.1, 0.15) is 11.9 Å². The Morgan fingerprint density at radius 3 is 2.60 bits per heavy atom. The van der Waals surface area contributed by atoms with E-state index in [1.807, 2.05) is 6.07 Å². The summed E-state index contributed by atoms with van der Waals surface area (Å²) in [5.41, 5.74) is 1.63. The fraction of sp³-hybridized carbons (Fsp3) is 0.133. The fourth-order valence-electron chi connectivity index (χ4n) is 1.95. The van der Waals surface area contributed by atoms with Crippen LogP contribution in [0.3, 0.4) is 0 Å². The van der Waals surface area contributed by atoms with E-state index in [0.29, 0.717) is 21.8 Å². The van der Waals surface area contributed by atoms with Crippen LogP contribution in [0.15, 0.2) is 36.4 Å². The summed E-state index contributed by atoms with van der Waals surface area (Å²) in [5, 5.41) is 12.6. The molecule has 20 heavy (non-hydrogen) atoms. The Morgan fingerprint density at radius 2 is 1.90 bits per heavy atom.